The minimum atomic E-state index is -0.432. The highest BCUT2D eigenvalue weighted by Gasteiger charge is 2.20. The summed E-state index contributed by atoms with van der Waals surface area (Å²) in [4.78, 5) is 6.66. The van der Waals surface area contributed by atoms with Gasteiger partial charge in [0.15, 0.2) is 0 Å². The van der Waals surface area contributed by atoms with Crippen LogP contribution in [0.5, 0.6) is 0 Å². The highest BCUT2D eigenvalue weighted by molar-refractivity contribution is 5.24. The molecule has 1 aromatic heterocycles. The lowest BCUT2D eigenvalue weighted by Gasteiger charge is -2.32. The Bertz CT molecular complexity index is 624. The van der Waals surface area contributed by atoms with Crippen LogP contribution in [0.15, 0.2) is 48.8 Å². The number of aryl methyl sites for hydroxylation is 1. The van der Waals surface area contributed by atoms with Crippen molar-refractivity contribution in [1.82, 2.24) is 15.2 Å². The normalized spacial score (nSPS) is 17.8. The third-order valence-corrected chi connectivity index (χ3v) is 4.74. The molecule has 1 aromatic carbocycles. The van der Waals surface area contributed by atoms with Gasteiger partial charge in [-0.15, -0.1) is 0 Å². The Kier molecular flexibility index (Phi) is 5.96. The van der Waals surface area contributed by atoms with Gasteiger partial charge in [-0.25, -0.2) is 0 Å². The number of pyridine rings is 1. The molecule has 2 N–H and O–H groups in total. The molecule has 0 saturated carbocycles. The van der Waals surface area contributed by atoms with E-state index in [9.17, 15) is 5.11 Å². The fourth-order valence-electron chi connectivity index (χ4n) is 3.32. The number of rotatable bonds is 6. The monoisotopic (exact) mass is 325 g/mol. The Morgan fingerprint density at radius 3 is 2.79 bits per heavy atom. The van der Waals surface area contributed by atoms with Crippen molar-refractivity contribution >= 4 is 0 Å². The van der Waals surface area contributed by atoms with Crippen LogP contribution < -0.4 is 5.32 Å². The van der Waals surface area contributed by atoms with E-state index in [1.165, 1.54) is 11.1 Å². The molecule has 1 saturated heterocycles. The molecule has 4 nitrogen and oxygen atoms in total. The van der Waals surface area contributed by atoms with Crippen LogP contribution in [0.25, 0.3) is 0 Å². The number of likely N-dealkylation sites (tertiary alicyclic amines) is 1. The fourth-order valence-corrected chi connectivity index (χ4v) is 3.32. The molecule has 2 heterocycles. The highest BCUT2D eigenvalue weighted by atomic mass is 16.3. The second-order valence-electron chi connectivity index (χ2n) is 6.75. The lowest BCUT2D eigenvalue weighted by atomic mass is 10.0. The van der Waals surface area contributed by atoms with Crippen molar-refractivity contribution in [3.05, 3.63) is 65.5 Å². The first-order valence-corrected chi connectivity index (χ1v) is 8.80. The zero-order valence-electron chi connectivity index (χ0n) is 14.4. The topological polar surface area (TPSA) is 48.4 Å². The molecule has 128 valence electrons. The van der Waals surface area contributed by atoms with E-state index in [2.05, 4.69) is 40.3 Å². The molecule has 24 heavy (non-hydrogen) atoms. The van der Waals surface area contributed by atoms with E-state index in [0.29, 0.717) is 12.6 Å². The number of piperidine rings is 1. The summed E-state index contributed by atoms with van der Waals surface area (Å²) in [6.45, 7) is 5.84. The minimum absolute atomic E-state index is 0.432. The van der Waals surface area contributed by atoms with E-state index in [0.717, 1.165) is 38.0 Å². The van der Waals surface area contributed by atoms with E-state index in [1.807, 2.05) is 30.6 Å². The van der Waals surface area contributed by atoms with E-state index in [1.54, 1.807) is 0 Å². The Labute approximate surface area is 144 Å². The second kappa shape index (κ2) is 8.38. The van der Waals surface area contributed by atoms with Gasteiger partial charge in [0.25, 0.3) is 0 Å². The van der Waals surface area contributed by atoms with Gasteiger partial charge in [0.05, 0.1) is 6.10 Å². The van der Waals surface area contributed by atoms with Crippen LogP contribution in [-0.4, -0.2) is 40.7 Å². The number of aliphatic hydroxyl groups excluding tert-OH is 1. The Morgan fingerprint density at radius 1 is 1.25 bits per heavy atom. The van der Waals surface area contributed by atoms with Gasteiger partial charge in [0.2, 0.25) is 0 Å². The molecule has 1 aliphatic rings. The van der Waals surface area contributed by atoms with Crippen molar-refractivity contribution in [1.29, 1.82) is 0 Å². The molecule has 0 spiro atoms. The minimum Gasteiger partial charge on any atom is -0.387 e. The number of aliphatic hydroxyl groups is 1. The van der Waals surface area contributed by atoms with E-state index >= 15 is 0 Å². The van der Waals surface area contributed by atoms with Gasteiger partial charge >= 0.3 is 0 Å². The summed E-state index contributed by atoms with van der Waals surface area (Å²) in [7, 11) is 0. The first kappa shape index (κ1) is 17.1. The molecule has 3 rings (SSSR count). The maximum atomic E-state index is 10.3. The molecular weight excluding hydrogens is 298 g/mol. The Morgan fingerprint density at radius 2 is 2.08 bits per heavy atom. The molecule has 1 atom stereocenters. The summed E-state index contributed by atoms with van der Waals surface area (Å²) in [6.07, 6.45) is 5.59. The third kappa shape index (κ3) is 4.87. The summed E-state index contributed by atoms with van der Waals surface area (Å²) in [5.74, 6) is 0. The number of hydrogen-bond donors (Lipinski definition) is 2. The van der Waals surface area contributed by atoms with Crippen molar-refractivity contribution in [3.63, 3.8) is 0 Å². The number of nitrogens with zero attached hydrogens (tertiary/aromatic N) is 2. The molecule has 1 unspecified atom stereocenters. The summed E-state index contributed by atoms with van der Waals surface area (Å²) < 4.78 is 0. The van der Waals surface area contributed by atoms with Gasteiger partial charge in [0, 0.05) is 31.5 Å². The van der Waals surface area contributed by atoms with Crippen LogP contribution in [0.3, 0.4) is 0 Å². The molecule has 4 heteroatoms. The van der Waals surface area contributed by atoms with Crippen molar-refractivity contribution in [3.8, 4) is 0 Å². The largest absolute Gasteiger partial charge is 0.387 e. The average molecular weight is 325 g/mol. The predicted octanol–water partition coefficient (Wildman–Crippen LogP) is 2.68. The summed E-state index contributed by atoms with van der Waals surface area (Å²) in [5, 5.41) is 13.9. The van der Waals surface area contributed by atoms with Crippen molar-refractivity contribution in [2.75, 3.05) is 19.6 Å². The lowest BCUT2D eigenvalue weighted by Crippen LogP contribution is -2.43. The zero-order chi connectivity index (χ0) is 16.8. The van der Waals surface area contributed by atoms with Crippen molar-refractivity contribution in [2.24, 2.45) is 0 Å². The first-order valence-electron chi connectivity index (χ1n) is 8.80. The number of hydrogen-bond acceptors (Lipinski definition) is 4. The number of aromatic nitrogens is 1. The SMILES string of the molecule is Cc1cccc(C(O)CNC2CCN(Cc3cccnc3)CC2)c1. The standard InChI is InChI=1S/C20H27N3O/c1-16-4-2-6-18(12-16)20(24)14-22-19-7-10-23(11-8-19)15-17-5-3-9-21-13-17/h2-6,9,12-13,19-20,22,24H,7-8,10-11,14-15H2,1H3. The van der Waals surface area contributed by atoms with Gasteiger partial charge in [-0.2, -0.15) is 0 Å². The van der Waals surface area contributed by atoms with Crippen LogP contribution in [0.2, 0.25) is 0 Å². The van der Waals surface area contributed by atoms with E-state index in [4.69, 9.17) is 0 Å². The zero-order valence-corrected chi connectivity index (χ0v) is 14.4. The van der Waals surface area contributed by atoms with Crippen molar-refractivity contribution < 1.29 is 5.11 Å². The van der Waals surface area contributed by atoms with Crippen LogP contribution in [-0.2, 0) is 6.54 Å². The van der Waals surface area contributed by atoms with Crippen LogP contribution >= 0.6 is 0 Å². The third-order valence-electron chi connectivity index (χ3n) is 4.74. The molecule has 0 bridgehead atoms. The van der Waals surface area contributed by atoms with Gasteiger partial charge < -0.3 is 10.4 Å². The predicted molar refractivity (Wildman–Crippen MR) is 96.7 cm³/mol. The number of nitrogens with one attached hydrogen (secondary N) is 1. The maximum absolute atomic E-state index is 10.3. The van der Waals surface area contributed by atoms with Crippen LogP contribution in [0.1, 0.15) is 35.6 Å². The highest BCUT2D eigenvalue weighted by Crippen LogP contribution is 2.16. The number of benzene rings is 1. The maximum Gasteiger partial charge on any atom is 0.0914 e. The van der Waals surface area contributed by atoms with Crippen molar-refractivity contribution in [2.45, 2.75) is 38.5 Å². The summed E-state index contributed by atoms with van der Waals surface area (Å²) >= 11 is 0. The Balaban J connectivity index is 1.41. The van der Waals surface area contributed by atoms with Crippen LogP contribution in [0.4, 0.5) is 0 Å². The molecule has 2 aromatic rings. The Hall–Kier alpha value is -1.75. The lowest BCUT2D eigenvalue weighted by molar-refractivity contribution is 0.149. The van der Waals surface area contributed by atoms with E-state index in [-0.39, 0.29) is 0 Å². The molecule has 0 radical (unpaired) electrons. The molecule has 1 fully saturated rings. The summed E-state index contributed by atoms with van der Waals surface area (Å²) in [5.41, 5.74) is 3.46. The van der Waals surface area contributed by atoms with Crippen LogP contribution in [0, 0.1) is 6.92 Å². The average Bonchev–Trinajstić information content (AvgIpc) is 2.62. The van der Waals surface area contributed by atoms with Gasteiger partial charge in [-0.3, -0.25) is 9.88 Å². The molecular formula is C20H27N3O. The summed E-state index contributed by atoms with van der Waals surface area (Å²) in [6, 6.07) is 12.7. The molecule has 0 amide bonds. The van der Waals surface area contributed by atoms with Gasteiger partial charge in [-0.05, 0) is 50.0 Å². The van der Waals surface area contributed by atoms with Gasteiger partial charge in [-0.1, -0.05) is 35.9 Å². The van der Waals surface area contributed by atoms with E-state index < -0.39 is 6.10 Å². The second-order valence-corrected chi connectivity index (χ2v) is 6.75. The first-order chi connectivity index (χ1) is 11.7. The quantitative estimate of drug-likeness (QED) is 0.857. The van der Waals surface area contributed by atoms with Gasteiger partial charge in [0.1, 0.15) is 0 Å². The smallest absolute Gasteiger partial charge is 0.0914 e. The molecule has 1 aliphatic heterocycles. The fraction of sp³-hybridized carbons (Fsp3) is 0.450. The molecule has 0 aliphatic carbocycles.